The summed E-state index contributed by atoms with van der Waals surface area (Å²) in [6, 6.07) is 20.9. The van der Waals surface area contributed by atoms with Crippen molar-refractivity contribution in [2.24, 2.45) is 0 Å². The van der Waals surface area contributed by atoms with E-state index < -0.39 is 0 Å². The molecule has 0 amide bonds. The van der Waals surface area contributed by atoms with Crippen molar-refractivity contribution < 1.29 is 4.48 Å². The van der Waals surface area contributed by atoms with Gasteiger partial charge in [0.2, 0.25) is 0 Å². The molecule has 2 aliphatic rings. The zero-order valence-corrected chi connectivity index (χ0v) is 24.3. The molecule has 0 N–H and O–H groups in total. The highest BCUT2D eigenvalue weighted by molar-refractivity contribution is 6.72. The third-order valence-corrected chi connectivity index (χ3v) is 8.64. The lowest BCUT2D eigenvalue weighted by molar-refractivity contribution is -0.523. The quantitative estimate of drug-likeness (QED) is 0.217. The van der Waals surface area contributed by atoms with E-state index in [2.05, 4.69) is 136 Å². The molecule has 3 heterocycles. The number of rotatable bonds is 6. The van der Waals surface area contributed by atoms with Crippen LogP contribution in [0.2, 0.25) is 0 Å². The fraction of sp³-hybridized carbons (Fsp3) is 0.382. The molecule has 4 aromatic rings. The number of hydrogen-bond donors (Lipinski definition) is 0. The van der Waals surface area contributed by atoms with Gasteiger partial charge in [-0.2, -0.15) is 0 Å². The first kappa shape index (κ1) is 25.0. The minimum absolute atomic E-state index is 0.0421. The lowest BCUT2D eigenvalue weighted by Crippen LogP contribution is -2.71. The molecule has 4 heteroatoms. The highest BCUT2D eigenvalue weighted by Gasteiger charge is 2.51. The van der Waals surface area contributed by atoms with Crippen LogP contribution < -0.4 is 14.8 Å². The number of anilines is 2. The van der Waals surface area contributed by atoms with Crippen LogP contribution in [-0.2, 0) is 6.54 Å². The van der Waals surface area contributed by atoms with E-state index in [4.69, 9.17) is 0 Å². The first-order valence-corrected chi connectivity index (χ1v) is 14.5. The van der Waals surface area contributed by atoms with Crippen LogP contribution in [-0.4, -0.2) is 11.5 Å². The Bertz CT molecular complexity index is 1470. The maximum absolute atomic E-state index is 2.72. The van der Waals surface area contributed by atoms with Crippen molar-refractivity contribution in [1.29, 1.82) is 0 Å². The van der Waals surface area contributed by atoms with E-state index >= 15 is 0 Å². The Morgan fingerprint density at radius 3 is 1.76 bits per heavy atom. The van der Waals surface area contributed by atoms with Gasteiger partial charge in [-0.3, -0.25) is 4.48 Å². The van der Waals surface area contributed by atoms with E-state index in [1.807, 2.05) is 0 Å². The molecule has 0 fully saturated rings. The van der Waals surface area contributed by atoms with E-state index in [-0.39, 0.29) is 6.98 Å². The molecule has 6 rings (SSSR count). The highest BCUT2D eigenvalue weighted by Crippen LogP contribution is 2.47. The predicted octanol–water partition coefficient (Wildman–Crippen LogP) is 7.69. The van der Waals surface area contributed by atoms with Gasteiger partial charge in [0.15, 0.2) is 0 Å². The van der Waals surface area contributed by atoms with Crippen molar-refractivity contribution in [2.45, 2.75) is 85.6 Å². The summed E-state index contributed by atoms with van der Waals surface area (Å²) in [5, 5.41) is 0. The van der Waals surface area contributed by atoms with Gasteiger partial charge in [-0.25, -0.2) is 4.57 Å². The smallest absolute Gasteiger partial charge is 0.338 e. The maximum atomic E-state index is 2.72. The summed E-state index contributed by atoms with van der Waals surface area (Å²) in [6.07, 6.45) is 4.63. The largest absolute Gasteiger partial charge is 0.542 e. The molecule has 0 unspecified atom stereocenters. The standard InChI is InChI=1S/C34H41BN3/c1-21(2)26-13-10-14-27(22(3)4)32(26)35-37-19-18-36-20-25-12-9-17-30(31(25)34(36)37)38(35)33-28(23(5)6)15-11-16-29(33)24(7)8/h9-19,21-24H,20H2,1-8H3/q+1. The molecule has 38 heavy (non-hydrogen) atoms. The Hall–Kier alpha value is -3.27. The fourth-order valence-electron chi connectivity index (χ4n) is 6.86. The van der Waals surface area contributed by atoms with Crippen molar-refractivity contribution in [1.82, 2.24) is 4.57 Å². The third-order valence-electron chi connectivity index (χ3n) is 8.64. The molecule has 3 aromatic carbocycles. The van der Waals surface area contributed by atoms with E-state index in [0.717, 1.165) is 6.54 Å². The van der Waals surface area contributed by atoms with Crippen LogP contribution in [0.1, 0.15) is 107 Å². The van der Waals surface area contributed by atoms with Gasteiger partial charge >= 0.3 is 6.98 Å². The fourth-order valence-corrected chi connectivity index (χ4v) is 6.86. The van der Waals surface area contributed by atoms with Crippen LogP contribution in [0.4, 0.5) is 11.4 Å². The number of benzene rings is 3. The summed E-state index contributed by atoms with van der Waals surface area (Å²) in [6.45, 7) is 19.7. The summed E-state index contributed by atoms with van der Waals surface area (Å²) in [5.74, 6) is 3.04. The lowest BCUT2D eigenvalue weighted by Gasteiger charge is -2.39. The average molecular weight is 503 g/mol. The molecule has 0 bridgehead atoms. The molecule has 1 aromatic heterocycles. The Morgan fingerprint density at radius 2 is 1.21 bits per heavy atom. The van der Waals surface area contributed by atoms with Gasteiger partial charge in [-0.1, -0.05) is 104 Å². The Kier molecular flexibility index (Phi) is 6.05. The van der Waals surface area contributed by atoms with E-state index in [9.17, 15) is 0 Å². The number of imidazole rings is 1. The van der Waals surface area contributed by atoms with Crippen molar-refractivity contribution in [3.8, 4) is 11.4 Å². The Labute approximate surface area is 229 Å². The molecular weight excluding hydrogens is 461 g/mol. The topological polar surface area (TPSA) is 12.1 Å². The molecule has 0 saturated heterocycles. The maximum Gasteiger partial charge on any atom is 0.542 e. The van der Waals surface area contributed by atoms with Gasteiger partial charge < -0.3 is 4.81 Å². The normalized spacial score (nSPS) is 14.0. The molecular formula is C34H41BN3+. The van der Waals surface area contributed by atoms with Crippen LogP contribution in [0.15, 0.2) is 67.0 Å². The van der Waals surface area contributed by atoms with Gasteiger partial charge in [0, 0.05) is 22.4 Å². The molecule has 3 nitrogen and oxygen atoms in total. The lowest BCUT2D eigenvalue weighted by atomic mass is 9.57. The van der Waals surface area contributed by atoms with Crippen molar-refractivity contribution in [3.63, 3.8) is 0 Å². The van der Waals surface area contributed by atoms with Gasteiger partial charge in [0.25, 0.3) is 5.82 Å². The number of hydrogen-bond acceptors (Lipinski definition) is 1. The van der Waals surface area contributed by atoms with E-state index in [0.29, 0.717) is 23.7 Å². The van der Waals surface area contributed by atoms with Crippen LogP contribution in [0.3, 0.4) is 0 Å². The second kappa shape index (κ2) is 9.19. The summed E-state index contributed by atoms with van der Waals surface area (Å²) in [7, 11) is 0. The van der Waals surface area contributed by atoms with E-state index in [1.54, 1.807) is 0 Å². The zero-order chi connectivity index (χ0) is 26.9. The molecule has 0 saturated carbocycles. The highest BCUT2D eigenvalue weighted by atomic mass is 15.3. The molecule has 0 radical (unpaired) electrons. The number of para-hydroxylation sites is 1. The minimum atomic E-state index is 0.0421. The van der Waals surface area contributed by atoms with Gasteiger partial charge in [-0.05, 0) is 52.0 Å². The van der Waals surface area contributed by atoms with Gasteiger partial charge in [0.05, 0.1) is 5.56 Å². The minimum Gasteiger partial charge on any atom is -0.338 e. The first-order chi connectivity index (χ1) is 18.2. The Balaban J connectivity index is 1.78. The second-order valence-corrected chi connectivity index (χ2v) is 12.5. The summed E-state index contributed by atoms with van der Waals surface area (Å²) < 4.78 is 5.02. The first-order valence-electron chi connectivity index (χ1n) is 14.5. The van der Waals surface area contributed by atoms with Crippen LogP contribution in [0, 0.1) is 0 Å². The molecule has 2 aliphatic heterocycles. The second-order valence-electron chi connectivity index (χ2n) is 12.5. The molecule has 194 valence electrons. The van der Waals surface area contributed by atoms with Crippen LogP contribution in [0.25, 0.3) is 11.4 Å². The summed E-state index contributed by atoms with van der Waals surface area (Å²) in [5.41, 5.74) is 12.8. The predicted molar refractivity (Wildman–Crippen MR) is 161 cm³/mol. The van der Waals surface area contributed by atoms with E-state index in [1.165, 1.54) is 56.0 Å². The van der Waals surface area contributed by atoms with Crippen LogP contribution >= 0.6 is 0 Å². The van der Waals surface area contributed by atoms with Crippen molar-refractivity contribution in [2.75, 3.05) is 4.81 Å². The third kappa shape index (κ3) is 3.60. The average Bonchev–Trinajstić information content (AvgIpc) is 3.46. The monoisotopic (exact) mass is 502 g/mol. The molecule has 0 atom stereocenters. The summed E-state index contributed by atoms with van der Waals surface area (Å²) in [4.78, 5) is 2.72. The molecule has 0 spiro atoms. The molecule has 0 aliphatic carbocycles. The van der Waals surface area contributed by atoms with Gasteiger partial charge in [-0.15, -0.1) is 0 Å². The Morgan fingerprint density at radius 1 is 0.684 bits per heavy atom. The van der Waals surface area contributed by atoms with Crippen molar-refractivity contribution >= 4 is 23.8 Å². The van der Waals surface area contributed by atoms with Crippen LogP contribution in [0.5, 0.6) is 0 Å². The summed E-state index contributed by atoms with van der Waals surface area (Å²) >= 11 is 0. The SMILES string of the molecule is CC(C)c1cccc(C(C)C)c1B1N(c2c(C(C)C)cccc2C(C)C)c2cccc3c2-c2n(cc[n+]21)C3. The number of aromatic nitrogens is 2. The van der Waals surface area contributed by atoms with Crippen molar-refractivity contribution in [3.05, 3.63) is 94.8 Å². The zero-order valence-electron chi connectivity index (χ0n) is 24.3. The number of nitrogens with zero attached hydrogens (tertiary/aromatic N) is 3. The van der Waals surface area contributed by atoms with Gasteiger partial charge in [0.1, 0.15) is 18.9 Å².